The van der Waals surface area contributed by atoms with Crippen molar-refractivity contribution in [1.82, 2.24) is 4.98 Å². The zero-order valence-corrected chi connectivity index (χ0v) is 12.2. The van der Waals surface area contributed by atoms with Crippen LogP contribution < -0.4 is 5.73 Å². The minimum atomic E-state index is -4.43. The largest absolute Gasteiger partial charge is 0.433 e. The van der Waals surface area contributed by atoms with Gasteiger partial charge in [0, 0.05) is 6.20 Å². The van der Waals surface area contributed by atoms with Crippen LogP contribution in [0.2, 0.25) is 0 Å². The van der Waals surface area contributed by atoms with E-state index < -0.39 is 11.9 Å². The van der Waals surface area contributed by atoms with E-state index in [1.165, 1.54) is 13.2 Å². The SMILES string of the molecule is CN.FC(F)(F)c1cc(-c2cccc3c2COCC3)ccn1. The van der Waals surface area contributed by atoms with Crippen LogP contribution in [-0.4, -0.2) is 18.6 Å². The molecule has 6 heteroatoms. The Hall–Kier alpha value is -1.92. The van der Waals surface area contributed by atoms with Crippen molar-refractivity contribution in [2.45, 2.75) is 19.2 Å². The Bertz CT molecular complexity index is 642. The standard InChI is InChI=1S/C15H12F3NO.CH5N/c16-15(17,18)14-8-11(4-6-19-14)12-3-1-2-10-5-7-20-9-13(10)12;1-2/h1-4,6,8H,5,7,9H2;2H2,1H3. The first kappa shape index (κ1) is 16.5. The van der Waals surface area contributed by atoms with Crippen molar-refractivity contribution in [3.05, 3.63) is 53.3 Å². The molecule has 0 amide bonds. The van der Waals surface area contributed by atoms with E-state index in [0.717, 1.165) is 29.2 Å². The average Bonchev–Trinajstić information content (AvgIpc) is 2.55. The third kappa shape index (κ3) is 3.45. The van der Waals surface area contributed by atoms with Gasteiger partial charge >= 0.3 is 6.18 Å². The second-order valence-electron chi connectivity index (χ2n) is 4.67. The molecule has 0 saturated carbocycles. The van der Waals surface area contributed by atoms with Crippen molar-refractivity contribution in [1.29, 1.82) is 0 Å². The van der Waals surface area contributed by atoms with Crippen LogP contribution in [0, 0.1) is 0 Å². The van der Waals surface area contributed by atoms with Gasteiger partial charge in [-0.15, -0.1) is 0 Å². The normalized spacial score (nSPS) is 13.9. The number of fused-ring (bicyclic) bond motifs is 1. The van der Waals surface area contributed by atoms with Gasteiger partial charge in [0.05, 0.1) is 13.2 Å². The quantitative estimate of drug-likeness (QED) is 0.878. The molecular formula is C16H17F3N2O. The summed E-state index contributed by atoms with van der Waals surface area (Å²) in [6.45, 7) is 1.09. The number of nitrogens with two attached hydrogens (primary N) is 1. The number of ether oxygens (including phenoxy) is 1. The Morgan fingerprint density at radius 1 is 1.18 bits per heavy atom. The molecular weight excluding hydrogens is 293 g/mol. The minimum Gasteiger partial charge on any atom is -0.376 e. The summed E-state index contributed by atoms with van der Waals surface area (Å²) in [5, 5.41) is 0. The highest BCUT2D eigenvalue weighted by Gasteiger charge is 2.32. The molecule has 3 nitrogen and oxygen atoms in total. The van der Waals surface area contributed by atoms with E-state index in [-0.39, 0.29) is 0 Å². The molecule has 1 aliphatic rings. The first-order valence-corrected chi connectivity index (χ1v) is 6.85. The van der Waals surface area contributed by atoms with Gasteiger partial charge in [-0.3, -0.25) is 4.98 Å². The lowest BCUT2D eigenvalue weighted by molar-refractivity contribution is -0.141. The Labute approximate surface area is 126 Å². The molecule has 2 heterocycles. The van der Waals surface area contributed by atoms with Crippen molar-refractivity contribution in [2.24, 2.45) is 5.73 Å². The topological polar surface area (TPSA) is 48.1 Å². The van der Waals surface area contributed by atoms with Crippen LogP contribution in [0.4, 0.5) is 13.2 Å². The third-order valence-electron chi connectivity index (χ3n) is 3.40. The van der Waals surface area contributed by atoms with Gasteiger partial charge in [0.15, 0.2) is 0 Å². The molecule has 0 radical (unpaired) electrons. The smallest absolute Gasteiger partial charge is 0.376 e. The Morgan fingerprint density at radius 2 is 1.95 bits per heavy atom. The summed E-state index contributed by atoms with van der Waals surface area (Å²) < 4.78 is 43.6. The van der Waals surface area contributed by atoms with E-state index in [2.05, 4.69) is 10.7 Å². The maximum Gasteiger partial charge on any atom is 0.433 e. The molecule has 22 heavy (non-hydrogen) atoms. The number of aromatic nitrogens is 1. The Balaban J connectivity index is 0.000000847. The van der Waals surface area contributed by atoms with Gasteiger partial charge in [-0.2, -0.15) is 13.2 Å². The summed E-state index contributed by atoms with van der Waals surface area (Å²) in [7, 11) is 1.50. The molecule has 0 atom stereocenters. The molecule has 1 aliphatic heterocycles. The summed E-state index contributed by atoms with van der Waals surface area (Å²) >= 11 is 0. The highest BCUT2D eigenvalue weighted by molar-refractivity contribution is 5.69. The molecule has 118 valence electrons. The number of alkyl halides is 3. The average molecular weight is 310 g/mol. The Morgan fingerprint density at radius 3 is 2.68 bits per heavy atom. The molecule has 1 aromatic carbocycles. The summed E-state index contributed by atoms with van der Waals surface area (Å²) in [5.41, 5.74) is 7.05. The molecule has 0 fully saturated rings. The monoisotopic (exact) mass is 310 g/mol. The van der Waals surface area contributed by atoms with Crippen LogP contribution in [0.3, 0.4) is 0 Å². The molecule has 0 unspecified atom stereocenters. The van der Waals surface area contributed by atoms with E-state index in [4.69, 9.17) is 4.74 Å². The van der Waals surface area contributed by atoms with Crippen LogP contribution in [0.25, 0.3) is 11.1 Å². The van der Waals surface area contributed by atoms with E-state index in [1.54, 1.807) is 6.07 Å². The van der Waals surface area contributed by atoms with Crippen LogP contribution in [-0.2, 0) is 23.9 Å². The zero-order chi connectivity index (χ0) is 16.2. The van der Waals surface area contributed by atoms with Crippen molar-refractivity contribution in [3.63, 3.8) is 0 Å². The fourth-order valence-corrected chi connectivity index (χ4v) is 2.42. The molecule has 2 N–H and O–H groups in total. The van der Waals surface area contributed by atoms with Crippen LogP contribution in [0.1, 0.15) is 16.8 Å². The van der Waals surface area contributed by atoms with Crippen LogP contribution >= 0.6 is 0 Å². The number of halogens is 3. The highest BCUT2D eigenvalue weighted by Crippen LogP contribution is 2.33. The molecule has 0 bridgehead atoms. The zero-order valence-electron chi connectivity index (χ0n) is 12.2. The number of hydrogen-bond acceptors (Lipinski definition) is 3. The van der Waals surface area contributed by atoms with Gasteiger partial charge in [-0.1, -0.05) is 18.2 Å². The number of hydrogen-bond donors (Lipinski definition) is 1. The second kappa shape index (κ2) is 6.89. The number of rotatable bonds is 1. The fraction of sp³-hybridized carbons (Fsp3) is 0.312. The first-order valence-electron chi connectivity index (χ1n) is 6.85. The molecule has 0 saturated heterocycles. The third-order valence-corrected chi connectivity index (χ3v) is 3.40. The second-order valence-corrected chi connectivity index (χ2v) is 4.67. The Kier molecular flexibility index (Phi) is 5.15. The summed E-state index contributed by atoms with van der Waals surface area (Å²) in [6.07, 6.45) is -2.44. The van der Waals surface area contributed by atoms with Crippen molar-refractivity contribution in [2.75, 3.05) is 13.7 Å². The molecule has 0 aliphatic carbocycles. The lowest BCUT2D eigenvalue weighted by Gasteiger charge is -2.20. The molecule has 0 spiro atoms. The van der Waals surface area contributed by atoms with Gasteiger partial charge < -0.3 is 10.5 Å². The van der Waals surface area contributed by atoms with Crippen LogP contribution in [0.5, 0.6) is 0 Å². The predicted octanol–water partition coefficient (Wildman–Crippen LogP) is 3.42. The van der Waals surface area contributed by atoms with Crippen molar-refractivity contribution >= 4 is 0 Å². The van der Waals surface area contributed by atoms with Crippen molar-refractivity contribution < 1.29 is 17.9 Å². The first-order chi connectivity index (χ1) is 10.6. The van der Waals surface area contributed by atoms with Gasteiger partial charge in [0.1, 0.15) is 5.69 Å². The molecule has 2 aromatic rings. The van der Waals surface area contributed by atoms with Crippen molar-refractivity contribution in [3.8, 4) is 11.1 Å². The summed E-state index contributed by atoms with van der Waals surface area (Å²) in [6, 6.07) is 8.37. The van der Waals surface area contributed by atoms with E-state index in [0.29, 0.717) is 18.8 Å². The number of pyridine rings is 1. The van der Waals surface area contributed by atoms with Crippen LogP contribution in [0.15, 0.2) is 36.5 Å². The van der Waals surface area contributed by atoms with Gasteiger partial charge in [0.2, 0.25) is 0 Å². The van der Waals surface area contributed by atoms with Gasteiger partial charge in [-0.05, 0) is 47.9 Å². The highest BCUT2D eigenvalue weighted by atomic mass is 19.4. The minimum absolute atomic E-state index is 0.440. The summed E-state index contributed by atoms with van der Waals surface area (Å²) in [4.78, 5) is 3.39. The van der Waals surface area contributed by atoms with E-state index >= 15 is 0 Å². The molecule has 3 rings (SSSR count). The predicted molar refractivity (Wildman–Crippen MR) is 78.1 cm³/mol. The van der Waals surface area contributed by atoms with E-state index in [9.17, 15) is 13.2 Å². The van der Waals surface area contributed by atoms with Gasteiger partial charge in [0.25, 0.3) is 0 Å². The van der Waals surface area contributed by atoms with E-state index in [1.807, 2.05) is 18.2 Å². The lowest BCUT2D eigenvalue weighted by atomic mass is 9.93. The maximum atomic E-state index is 12.7. The maximum absolute atomic E-state index is 12.7. The number of nitrogens with zero attached hydrogens (tertiary/aromatic N) is 1. The molecule has 1 aromatic heterocycles. The fourth-order valence-electron chi connectivity index (χ4n) is 2.42. The van der Waals surface area contributed by atoms with Gasteiger partial charge in [-0.25, -0.2) is 0 Å². The lowest BCUT2D eigenvalue weighted by Crippen LogP contribution is -2.11. The summed E-state index contributed by atoms with van der Waals surface area (Å²) in [5.74, 6) is 0. The number of benzene rings is 1.